The Balaban J connectivity index is 1.87. The molecule has 0 nitrogen and oxygen atoms in total. The van der Waals surface area contributed by atoms with E-state index in [1.165, 1.54) is 65.5 Å². The molecular formula is C40H56. The number of rotatable bonds is 10. The lowest BCUT2D eigenvalue weighted by atomic mass is 9.66. The third kappa shape index (κ3) is 11.3. The Hall–Kier alpha value is -2.86. The van der Waals surface area contributed by atoms with Gasteiger partial charge in [-0.3, -0.25) is 0 Å². The van der Waals surface area contributed by atoms with Gasteiger partial charge in [0.05, 0.1) is 0 Å². The first-order valence-corrected chi connectivity index (χ1v) is 15.3. The van der Waals surface area contributed by atoms with Crippen LogP contribution in [0.3, 0.4) is 0 Å². The molecule has 216 valence electrons. The van der Waals surface area contributed by atoms with Crippen LogP contribution in [0.15, 0.2) is 131 Å². The molecule has 0 bridgehead atoms. The van der Waals surface area contributed by atoms with Crippen molar-refractivity contribution in [2.24, 2.45) is 16.7 Å². The van der Waals surface area contributed by atoms with Crippen molar-refractivity contribution < 1.29 is 0 Å². The Bertz CT molecular complexity index is 1180. The first-order valence-electron chi connectivity index (χ1n) is 15.3. The zero-order chi connectivity index (χ0) is 29.8. The summed E-state index contributed by atoms with van der Waals surface area (Å²) in [6.45, 7) is 24.7. The van der Waals surface area contributed by atoms with Crippen LogP contribution in [0.25, 0.3) is 0 Å². The van der Waals surface area contributed by atoms with E-state index in [-0.39, 0.29) is 5.41 Å². The molecule has 0 saturated heterocycles. The number of hydrogen-bond donors (Lipinski definition) is 0. The molecule has 1 saturated carbocycles. The lowest BCUT2D eigenvalue weighted by Gasteiger charge is -2.38. The van der Waals surface area contributed by atoms with Crippen molar-refractivity contribution in [2.75, 3.05) is 0 Å². The van der Waals surface area contributed by atoms with Gasteiger partial charge in [0, 0.05) is 5.92 Å². The van der Waals surface area contributed by atoms with Gasteiger partial charge in [-0.2, -0.15) is 0 Å². The van der Waals surface area contributed by atoms with Crippen LogP contribution < -0.4 is 0 Å². The second-order valence-corrected chi connectivity index (χ2v) is 13.3. The third-order valence-corrected chi connectivity index (χ3v) is 8.47. The van der Waals surface area contributed by atoms with Gasteiger partial charge in [0.1, 0.15) is 0 Å². The van der Waals surface area contributed by atoms with Gasteiger partial charge >= 0.3 is 0 Å². The van der Waals surface area contributed by atoms with Crippen LogP contribution in [0.1, 0.15) is 101 Å². The summed E-state index contributed by atoms with van der Waals surface area (Å²) in [6, 6.07) is 0. The fourth-order valence-electron chi connectivity index (χ4n) is 5.84. The Kier molecular flexibility index (Phi) is 13.2. The zero-order valence-electron chi connectivity index (χ0n) is 27.1. The highest BCUT2D eigenvalue weighted by molar-refractivity contribution is 5.37. The van der Waals surface area contributed by atoms with Crippen molar-refractivity contribution in [2.45, 2.75) is 101 Å². The van der Waals surface area contributed by atoms with E-state index >= 15 is 0 Å². The normalized spacial score (nSPS) is 23.7. The minimum atomic E-state index is 0.290. The minimum Gasteiger partial charge on any atom is -0.0992 e. The molecule has 2 aliphatic rings. The lowest BCUT2D eigenvalue weighted by molar-refractivity contribution is 0.228. The fourth-order valence-corrected chi connectivity index (χ4v) is 5.84. The standard InChI is InChI=1S/C40H56/c1-31(19-13-21-33(3)25-27-37-35(5)23-15-29-39(37,7)8)17-11-12-18-32(2)20-14-22-34(4)26-28-38-36(6)24-16-30-40(38,9)10/h11-14,17-22,25-28,37H,5,15-16,23-24,29-30H2,1-4,6-10H3. The van der Waals surface area contributed by atoms with Gasteiger partial charge in [0.2, 0.25) is 0 Å². The third-order valence-electron chi connectivity index (χ3n) is 8.47. The van der Waals surface area contributed by atoms with Gasteiger partial charge in [0.25, 0.3) is 0 Å². The second kappa shape index (κ2) is 15.8. The van der Waals surface area contributed by atoms with Gasteiger partial charge in [-0.15, -0.1) is 0 Å². The summed E-state index contributed by atoms with van der Waals surface area (Å²) in [7, 11) is 0. The SMILES string of the molecule is C=C1CCCC(C)(C)C1C=CC(C)=CC=CC(C)=CC=CC=C(C)C=CC=C(C)C=CC1=C(C)CCCC1(C)C. The maximum atomic E-state index is 4.34. The second-order valence-electron chi connectivity index (χ2n) is 13.3. The molecule has 40 heavy (non-hydrogen) atoms. The van der Waals surface area contributed by atoms with Gasteiger partial charge in [-0.05, 0) is 89.5 Å². The highest BCUT2D eigenvalue weighted by Crippen LogP contribution is 2.44. The molecule has 2 aliphatic carbocycles. The van der Waals surface area contributed by atoms with Crippen molar-refractivity contribution in [1.82, 2.24) is 0 Å². The predicted octanol–water partition coefficient (Wildman–Crippen LogP) is 12.5. The maximum absolute atomic E-state index is 4.34. The molecule has 0 amide bonds. The van der Waals surface area contributed by atoms with Crippen LogP contribution in [0, 0.1) is 16.7 Å². The van der Waals surface area contributed by atoms with Crippen LogP contribution in [-0.2, 0) is 0 Å². The van der Waals surface area contributed by atoms with E-state index in [0.717, 1.165) is 6.42 Å². The molecule has 0 aromatic heterocycles. The van der Waals surface area contributed by atoms with Crippen molar-refractivity contribution in [3.63, 3.8) is 0 Å². The molecule has 2 rings (SSSR count). The molecule has 0 radical (unpaired) electrons. The van der Waals surface area contributed by atoms with E-state index in [4.69, 9.17) is 0 Å². The van der Waals surface area contributed by atoms with Crippen LogP contribution in [-0.4, -0.2) is 0 Å². The number of hydrogen-bond acceptors (Lipinski definition) is 0. The summed E-state index contributed by atoms with van der Waals surface area (Å²) in [5, 5.41) is 0. The van der Waals surface area contributed by atoms with Crippen LogP contribution in [0.4, 0.5) is 0 Å². The molecule has 0 N–H and O–H groups in total. The molecular weight excluding hydrogens is 480 g/mol. The predicted molar refractivity (Wildman–Crippen MR) is 181 cm³/mol. The lowest BCUT2D eigenvalue weighted by Crippen LogP contribution is -2.27. The van der Waals surface area contributed by atoms with Crippen molar-refractivity contribution in [3.05, 3.63) is 131 Å². The average Bonchev–Trinajstić information content (AvgIpc) is 2.85. The van der Waals surface area contributed by atoms with Gasteiger partial charge in [0.15, 0.2) is 0 Å². The maximum Gasteiger partial charge on any atom is 0.00285 e. The van der Waals surface area contributed by atoms with Crippen molar-refractivity contribution in [3.8, 4) is 0 Å². The molecule has 0 aromatic rings. The Morgan fingerprint density at radius 2 is 1.18 bits per heavy atom. The molecule has 1 atom stereocenters. The topological polar surface area (TPSA) is 0 Å². The molecule has 0 heteroatoms. The molecule has 1 unspecified atom stereocenters. The molecule has 0 heterocycles. The molecule has 0 spiro atoms. The van der Waals surface area contributed by atoms with Gasteiger partial charge < -0.3 is 0 Å². The molecule has 1 fully saturated rings. The summed E-state index contributed by atoms with van der Waals surface area (Å²) < 4.78 is 0. The van der Waals surface area contributed by atoms with Crippen molar-refractivity contribution >= 4 is 0 Å². The van der Waals surface area contributed by atoms with Crippen LogP contribution in [0.5, 0.6) is 0 Å². The first kappa shape index (κ1) is 33.3. The van der Waals surface area contributed by atoms with Gasteiger partial charge in [-0.25, -0.2) is 0 Å². The largest absolute Gasteiger partial charge is 0.0992 e. The zero-order valence-corrected chi connectivity index (χ0v) is 27.1. The summed E-state index contributed by atoms with van der Waals surface area (Å²) in [5.41, 5.74) is 10.0. The number of allylic oxidation sites excluding steroid dienone is 21. The van der Waals surface area contributed by atoms with E-state index in [0.29, 0.717) is 11.3 Å². The Morgan fingerprint density at radius 1 is 0.675 bits per heavy atom. The summed E-state index contributed by atoms with van der Waals surface area (Å²) in [4.78, 5) is 0. The fraction of sp³-hybridized carbons (Fsp3) is 0.450. The van der Waals surface area contributed by atoms with E-state index < -0.39 is 0 Å². The molecule has 0 aliphatic heterocycles. The Labute approximate surface area is 247 Å². The Morgan fingerprint density at radius 3 is 1.73 bits per heavy atom. The molecule has 0 aromatic carbocycles. The summed E-state index contributed by atoms with van der Waals surface area (Å²) >= 11 is 0. The first-order chi connectivity index (χ1) is 18.8. The van der Waals surface area contributed by atoms with Gasteiger partial charge in [-0.1, -0.05) is 153 Å². The monoisotopic (exact) mass is 536 g/mol. The van der Waals surface area contributed by atoms with Crippen molar-refractivity contribution in [1.29, 1.82) is 0 Å². The van der Waals surface area contributed by atoms with E-state index in [9.17, 15) is 0 Å². The quantitative estimate of drug-likeness (QED) is 0.192. The van der Waals surface area contributed by atoms with E-state index in [1.54, 1.807) is 5.57 Å². The smallest absolute Gasteiger partial charge is 0.00285 e. The van der Waals surface area contributed by atoms with E-state index in [1.807, 2.05) is 0 Å². The van der Waals surface area contributed by atoms with Crippen LogP contribution >= 0.6 is 0 Å². The van der Waals surface area contributed by atoms with E-state index in [2.05, 4.69) is 154 Å². The van der Waals surface area contributed by atoms with Crippen LogP contribution in [0.2, 0.25) is 0 Å². The summed E-state index contributed by atoms with van der Waals surface area (Å²) in [6.07, 6.45) is 38.2. The highest BCUT2D eigenvalue weighted by atomic mass is 14.4. The minimum absolute atomic E-state index is 0.290. The summed E-state index contributed by atoms with van der Waals surface area (Å²) in [5.74, 6) is 0.477. The average molecular weight is 537 g/mol. The highest BCUT2D eigenvalue weighted by Gasteiger charge is 2.32.